The first-order valence-electron chi connectivity index (χ1n) is 16.7. The van der Waals surface area contributed by atoms with E-state index < -0.39 is 0 Å². The molecule has 0 spiro atoms. The predicted molar refractivity (Wildman–Crippen MR) is 192 cm³/mol. The molecule has 1 heteroatoms. The summed E-state index contributed by atoms with van der Waals surface area (Å²) in [5.41, 5.74) is 8.69. The molecule has 1 atom stereocenters. The number of ether oxygens (including phenoxy) is 1. The van der Waals surface area contributed by atoms with Gasteiger partial charge in [-0.25, -0.2) is 0 Å². The van der Waals surface area contributed by atoms with Crippen LogP contribution in [0.1, 0.15) is 146 Å². The molecule has 0 heterocycles. The van der Waals surface area contributed by atoms with Gasteiger partial charge in [-0.1, -0.05) is 101 Å². The first kappa shape index (κ1) is 39.9. The second-order valence-corrected chi connectivity index (χ2v) is 13.4. The van der Waals surface area contributed by atoms with E-state index in [9.17, 15) is 0 Å². The van der Waals surface area contributed by atoms with E-state index in [1.54, 1.807) is 7.11 Å². The number of unbranched alkanes of at least 4 members (excludes halogenated alkanes) is 1. The lowest BCUT2D eigenvalue weighted by Crippen LogP contribution is -2.20. The minimum Gasteiger partial charge on any atom is -0.378 e. The number of rotatable bonds is 22. The van der Waals surface area contributed by atoms with Gasteiger partial charge >= 0.3 is 0 Å². The molecular formula is C41H68O. The molecule has 0 radical (unpaired) electrons. The van der Waals surface area contributed by atoms with E-state index in [0.29, 0.717) is 5.92 Å². The van der Waals surface area contributed by atoms with Crippen LogP contribution >= 0.6 is 0 Å². The van der Waals surface area contributed by atoms with Gasteiger partial charge in [0.1, 0.15) is 0 Å². The van der Waals surface area contributed by atoms with Crippen molar-refractivity contribution in [1.82, 2.24) is 0 Å². The standard InChI is InChI=1S/C41H68O/c1-34(2)20-14-23-37(5)26-17-29-38(6)27-15-24-35(3)21-12-13-22-36(4)25-16-28-39(7)30-18-31-40(8)32-19-33-41(9,10)42-11/h16,19-21,25-28,31-32,36H,12-15,17-18,22-24,29-30,33H2,1-11H3/b25-16+,32-19-,35-21+,37-26+,38-27+,39-28+,40-31+. The van der Waals surface area contributed by atoms with Gasteiger partial charge in [-0.3, -0.25) is 0 Å². The molecule has 0 aromatic rings. The van der Waals surface area contributed by atoms with Crippen molar-refractivity contribution < 1.29 is 4.74 Å². The Bertz CT molecular complexity index is 966. The van der Waals surface area contributed by atoms with Crippen LogP contribution in [0.2, 0.25) is 0 Å². The van der Waals surface area contributed by atoms with Gasteiger partial charge < -0.3 is 4.74 Å². The summed E-state index contributed by atoms with van der Waals surface area (Å²) in [5, 5.41) is 0. The summed E-state index contributed by atoms with van der Waals surface area (Å²) >= 11 is 0. The third-order valence-electron chi connectivity index (χ3n) is 7.88. The maximum Gasteiger partial charge on any atom is 0.0657 e. The van der Waals surface area contributed by atoms with Crippen molar-refractivity contribution >= 4 is 0 Å². The van der Waals surface area contributed by atoms with E-state index in [0.717, 1.165) is 19.3 Å². The van der Waals surface area contributed by atoms with E-state index in [4.69, 9.17) is 4.74 Å². The Labute approximate surface area is 263 Å². The molecular weight excluding hydrogens is 508 g/mol. The van der Waals surface area contributed by atoms with Crippen LogP contribution in [0, 0.1) is 5.92 Å². The monoisotopic (exact) mass is 577 g/mol. The van der Waals surface area contributed by atoms with Gasteiger partial charge in [0, 0.05) is 7.11 Å². The lowest BCUT2D eigenvalue weighted by molar-refractivity contribution is 0.0255. The Morgan fingerprint density at radius 3 is 1.71 bits per heavy atom. The molecule has 0 rings (SSSR count). The predicted octanol–water partition coefficient (Wildman–Crippen LogP) is 13.5. The molecule has 0 N–H and O–H groups in total. The van der Waals surface area contributed by atoms with Gasteiger partial charge in [0.15, 0.2) is 0 Å². The first-order chi connectivity index (χ1) is 19.8. The Morgan fingerprint density at radius 2 is 1.17 bits per heavy atom. The molecule has 0 aliphatic rings. The molecule has 238 valence electrons. The van der Waals surface area contributed by atoms with E-state index in [1.165, 1.54) is 91.2 Å². The molecule has 0 aromatic heterocycles. The topological polar surface area (TPSA) is 9.23 Å². The average Bonchev–Trinajstić information content (AvgIpc) is 2.91. The van der Waals surface area contributed by atoms with Crippen molar-refractivity contribution in [2.45, 2.75) is 152 Å². The lowest BCUT2D eigenvalue weighted by Gasteiger charge is -2.20. The Balaban J connectivity index is 4.20. The van der Waals surface area contributed by atoms with Crippen LogP contribution in [0.15, 0.2) is 94.2 Å². The minimum atomic E-state index is -0.0887. The van der Waals surface area contributed by atoms with Crippen LogP contribution in [0.5, 0.6) is 0 Å². The summed E-state index contributed by atoms with van der Waals surface area (Å²) in [6, 6.07) is 0. The quantitative estimate of drug-likeness (QED) is 0.0707. The summed E-state index contributed by atoms with van der Waals surface area (Å²) in [6.45, 7) is 22.2. The van der Waals surface area contributed by atoms with Crippen molar-refractivity contribution in [3.05, 3.63) is 94.2 Å². The van der Waals surface area contributed by atoms with E-state index in [-0.39, 0.29) is 5.60 Å². The number of hydrogen-bond acceptors (Lipinski definition) is 1. The van der Waals surface area contributed by atoms with E-state index in [1.807, 2.05) is 0 Å². The average molecular weight is 577 g/mol. The molecule has 0 saturated carbocycles. The Morgan fingerprint density at radius 1 is 0.667 bits per heavy atom. The highest BCUT2D eigenvalue weighted by Gasteiger charge is 2.13. The summed E-state index contributed by atoms with van der Waals surface area (Å²) in [6.07, 6.45) is 37.3. The fraction of sp³-hybridized carbons (Fsp3) is 0.610. The van der Waals surface area contributed by atoms with Crippen molar-refractivity contribution in [3.8, 4) is 0 Å². The SMILES string of the molecule is COC(C)(C)C/C=C\C(C)=C\CC/C(C)=C/C=C/C(C)CCC/C=C(\C)CC/C=C(\C)CC/C=C(\C)CCC=C(C)C. The van der Waals surface area contributed by atoms with Crippen molar-refractivity contribution in [1.29, 1.82) is 0 Å². The molecule has 0 aliphatic heterocycles. The fourth-order valence-electron chi connectivity index (χ4n) is 4.57. The molecule has 0 aromatic carbocycles. The molecule has 0 amide bonds. The number of hydrogen-bond donors (Lipinski definition) is 0. The molecule has 0 aliphatic carbocycles. The van der Waals surface area contributed by atoms with Gasteiger partial charge in [-0.15, -0.1) is 0 Å². The Hall–Kier alpha value is -2.12. The molecule has 0 fully saturated rings. The summed E-state index contributed by atoms with van der Waals surface area (Å²) < 4.78 is 5.48. The summed E-state index contributed by atoms with van der Waals surface area (Å²) in [4.78, 5) is 0. The zero-order chi connectivity index (χ0) is 31.8. The smallest absolute Gasteiger partial charge is 0.0657 e. The molecule has 42 heavy (non-hydrogen) atoms. The van der Waals surface area contributed by atoms with Gasteiger partial charge in [0.25, 0.3) is 0 Å². The third kappa shape index (κ3) is 25.6. The van der Waals surface area contributed by atoms with Crippen LogP contribution in [0.3, 0.4) is 0 Å². The van der Waals surface area contributed by atoms with Crippen LogP contribution < -0.4 is 0 Å². The molecule has 1 nitrogen and oxygen atoms in total. The largest absolute Gasteiger partial charge is 0.378 e. The summed E-state index contributed by atoms with van der Waals surface area (Å²) in [7, 11) is 1.78. The van der Waals surface area contributed by atoms with Crippen molar-refractivity contribution in [3.63, 3.8) is 0 Å². The zero-order valence-corrected chi connectivity index (χ0v) is 29.7. The van der Waals surface area contributed by atoms with Crippen LogP contribution in [0.25, 0.3) is 0 Å². The maximum atomic E-state index is 5.48. The number of allylic oxidation sites excluding steroid dienone is 15. The lowest BCUT2D eigenvalue weighted by atomic mass is 10.0. The zero-order valence-electron chi connectivity index (χ0n) is 29.7. The first-order valence-corrected chi connectivity index (χ1v) is 16.7. The highest BCUT2D eigenvalue weighted by Crippen LogP contribution is 2.17. The summed E-state index contributed by atoms with van der Waals surface area (Å²) in [5.74, 6) is 0.627. The normalized spacial score (nSPS) is 15.3. The third-order valence-corrected chi connectivity index (χ3v) is 7.88. The highest BCUT2D eigenvalue weighted by molar-refractivity contribution is 5.18. The molecule has 0 bridgehead atoms. The highest BCUT2D eigenvalue weighted by atomic mass is 16.5. The van der Waals surface area contributed by atoms with Gasteiger partial charge in [0.2, 0.25) is 0 Å². The Kier molecular flexibility index (Phi) is 23.1. The van der Waals surface area contributed by atoms with Gasteiger partial charge in [0.05, 0.1) is 5.60 Å². The van der Waals surface area contributed by atoms with E-state index in [2.05, 4.69) is 130 Å². The fourth-order valence-corrected chi connectivity index (χ4v) is 4.57. The maximum absolute atomic E-state index is 5.48. The molecule has 1 unspecified atom stereocenters. The second kappa shape index (κ2) is 24.3. The van der Waals surface area contributed by atoms with Crippen LogP contribution in [0.4, 0.5) is 0 Å². The van der Waals surface area contributed by atoms with Crippen molar-refractivity contribution in [2.75, 3.05) is 7.11 Å². The van der Waals surface area contributed by atoms with Gasteiger partial charge in [-0.2, -0.15) is 0 Å². The molecule has 0 saturated heterocycles. The van der Waals surface area contributed by atoms with Crippen LogP contribution in [-0.4, -0.2) is 12.7 Å². The van der Waals surface area contributed by atoms with Gasteiger partial charge in [-0.05, 0) is 145 Å². The van der Waals surface area contributed by atoms with E-state index >= 15 is 0 Å². The minimum absolute atomic E-state index is 0.0887. The number of methoxy groups -OCH3 is 1. The van der Waals surface area contributed by atoms with Crippen LogP contribution in [-0.2, 0) is 4.74 Å². The second-order valence-electron chi connectivity index (χ2n) is 13.4. The van der Waals surface area contributed by atoms with Crippen molar-refractivity contribution in [2.24, 2.45) is 5.92 Å².